The van der Waals surface area contributed by atoms with Crippen molar-refractivity contribution in [1.82, 2.24) is 0 Å². The molecule has 1 aromatic rings. The van der Waals surface area contributed by atoms with Gasteiger partial charge in [-0.2, -0.15) is 4.99 Å². The van der Waals surface area contributed by atoms with Gasteiger partial charge in [-0.15, -0.1) is 0 Å². The quantitative estimate of drug-likeness (QED) is 0.429. The first-order chi connectivity index (χ1) is 6.05. The third kappa shape index (κ3) is 2.39. The van der Waals surface area contributed by atoms with E-state index in [2.05, 4.69) is 4.99 Å². The Morgan fingerprint density at radius 2 is 1.92 bits per heavy atom. The van der Waals surface area contributed by atoms with E-state index in [0.29, 0.717) is 0 Å². The molecule has 4 nitrogen and oxygen atoms in total. The molecule has 0 saturated heterocycles. The van der Waals surface area contributed by atoms with E-state index < -0.39 is 9.05 Å². The van der Waals surface area contributed by atoms with E-state index >= 15 is 0 Å². The average Bonchev–Trinajstić information content (AvgIpc) is 2.04. The zero-order chi connectivity index (χ0) is 9.90. The van der Waals surface area contributed by atoms with Crippen LogP contribution >= 0.6 is 10.7 Å². The van der Waals surface area contributed by atoms with Gasteiger partial charge in [0.15, 0.2) is 0 Å². The molecule has 13 heavy (non-hydrogen) atoms. The highest BCUT2D eigenvalue weighted by Gasteiger charge is 2.13. The topological polar surface area (TPSA) is 63.6 Å². The summed E-state index contributed by atoms with van der Waals surface area (Å²) in [5, 5.41) is 0. The molecule has 6 heteroatoms. The van der Waals surface area contributed by atoms with Gasteiger partial charge in [-0.3, -0.25) is 0 Å². The molecular formula is C7H4ClNO3S. The minimum absolute atomic E-state index is 0.00694. The van der Waals surface area contributed by atoms with Gasteiger partial charge >= 0.3 is 0 Å². The third-order valence-corrected chi connectivity index (χ3v) is 2.66. The number of para-hydroxylation sites is 1. The second kappa shape index (κ2) is 3.70. The van der Waals surface area contributed by atoms with Crippen molar-refractivity contribution in [1.29, 1.82) is 0 Å². The fourth-order valence-corrected chi connectivity index (χ4v) is 1.80. The summed E-state index contributed by atoms with van der Waals surface area (Å²) >= 11 is 0. The van der Waals surface area contributed by atoms with Crippen molar-refractivity contribution in [3.05, 3.63) is 24.3 Å². The van der Waals surface area contributed by atoms with E-state index in [1.54, 1.807) is 6.07 Å². The molecule has 0 amide bonds. The second-order valence-corrected chi connectivity index (χ2v) is 4.64. The van der Waals surface area contributed by atoms with Gasteiger partial charge in [0, 0.05) is 10.7 Å². The predicted molar refractivity (Wildman–Crippen MR) is 47.3 cm³/mol. The van der Waals surface area contributed by atoms with Crippen molar-refractivity contribution in [2.45, 2.75) is 4.90 Å². The Hall–Kier alpha value is -1.16. The average molecular weight is 218 g/mol. The molecule has 1 rings (SSSR count). The molecule has 68 valence electrons. The number of hydrogen-bond donors (Lipinski definition) is 0. The summed E-state index contributed by atoms with van der Waals surface area (Å²) in [7, 11) is 1.23. The van der Waals surface area contributed by atoms with E-state index in [4.69, 9.17) is 10.7 Å². The summed E-state index contributed by atoms with van der Waals surface area (Å²) in [6, 6.07) is 5.65. The highest BCUT2D eigenvalue weighted by Crippen LogP contribution is 2.25. The van der Waals surface area contributed by atoms with Crippen molar-refractivity contribution < 1.29 is 13.2 Å². The number of isocyanates is 1. The van der Waals surface area contributed by atoms with Crippen molar-refractivity contribution >= 4 is 31.5 Å². The van der Waals surface area contributed by atoms with Crippen molar-refractivity contribution in [2.75, 3.05) is 0 Å². The first-order valence-electron chi connectivity index (χ1n) is 3.17. The summed E-state index contributed by atoms with van der Waals surface area (Å²) in [4.78, 5) is 12.9. The smallest absolute Gasteiger partial charge is 0.211 e. The van der Waals surface area contributed by atoms with Crippen LogP contribution in [-0.4, -0.2) is 14.5 Å². The molecule has 0 aliphatic rings. The van der Waals surface area contributed by atoms with E-state index in [0.717, 1.165) is 0 Å². The number of carbonyl (C=O) groups excluding carboxylic acids is 1. The van der Waals surface area contributed by atoms with Gasteiger partial charge in [-0.05, 0) is 12.1 Å². The maximum absolute atomic E-state index is 10.9. The van der Waals surface area contributed by atoms with Gasteiger partial charge in [0.25, 0.3) is 9.05 Å². The molecule has 0 fully saturated rings. The Morgan fingerprint density at radius 1 is 1.31 bits per heavy atom. The Morgan fingerprint density at radius 3 is 2.46 bits per heavy atom. The standard InChI is InChI=1S/C7H4ClNO3S/c8-13(11,12)7-4-2-1-3-6(7)9-5-10/h1-4H. The number of rotatable bonds is 2. The fourth-order valence-electron chi connectivity index (χ4n) is 0.805. The van der Waals surface area contributed by atoms with Gasteiger partial charge in [-0.25, -0.2) is 13.2 Å². The van der Waals surface area contributed by atoms with Crippen LogP contribution < -0.4 is 0 Å². The molecule has 0 saturated carbocycles. The first kappa shape index (κ1) is 9.92. The van der Waals surface area contributed by atoms with Crippen molar-refractivity contribution in [3.8, 4) is 0 Å². The van der Waals surface area contributed by atoms with E-state index in [1.165, 1.54) is 24.3 Å². The largest absolute Gasteiger partial charge is 0.263 e. The minimum atomic E-state index is -3.86. The zero-order valence-corrected chi connectivity index (χ0v) is 7.84. The van der Waals surface area contributed by atoms with E-state index in [9.17, 15) is 13.2 Å². The van der Waals surface area contributed by atoms with Crippen LogP contribution in [0.3, 0.4) is 0 Å². The molecular weight excluding hydrogens is 214 g/mol. The molecule has 0 unspecified atom stereocenters. The molecule has 0 atom stereocenters. The Balaban J connectivity index is 3.45. The Bertz CT molecular complexity index is 462. The SMILES string of the molecule is O=C=Nc1ccccc1S(=O)(=O)Cl. The van der Waals surface area contributed by atoms with Crippen LogP contribution in [0.5, 0.6) is 0 Å². The molecule has 0 aliphatic carbocycles. The van der Waals surface area contributed by atoms with Crippen molar-refractivity contribution in [3.63, 3.8) is 0 Å². The maximum atomic E-state index is 10.9. The Labute approximate surface area is 79.3 Å². The van der Waals surface area contributed by atoms with Crippen molar-refractivity contribution in [2.24, 2.45) is 4.99 Å². The monoisotopic (exact) mass is 217 g/mol. The molecule has 0 bridgehead atoms. The van der Waals surface area contributed by atoms with Gasteiger partial charge < -0.3 is 0 Å². The molecule has 0 spiro atoms. The van der Waals surface area contributed by atoms with Gasteiger partial charge in [0.1, 0.15) is 4.90 Å². The number of halogens is 1. The lowest BCUT2D eigenvalue weighted by atomic mass is 10.3. The molecule has 0 aliphatic heterocycles. The minimum Gasteiger partial charge on any atom is -0.211 e. The molecule has 0 N–H and O–H groups in total. The maximum Gasteiger partial charge on any atom is 0.263 e. The van der Waals surface area contributed by atoms with E-state index in [-0.39, 0.29) is 10.6 Å². The van der Waals surface area contributed by atoms with Gasteiger partial charge in [0.05, 0.1) is 5.69 Å². The number of nitrogens with zero attached hydrogens (tertiary/aromatic N) is 1. The van der Waals surface area contributed by atoms with Gasteiger partial charge in [-0.1, -0.05) is 12.1 Å². The number of hydrogen-bond acceptors (Lipinski definition) is 4. The lowest BCUT2D eigenvalue weighted by Crippen LogP contribution is -1.90. The third-order valence-electron chi connectivity index (χ3n) is 1.29. The molecule has 0 radical (unpaired) electrons. The van der Waals surface area contributed by atoms with Crippen LogP contribution in [0.25, 0.3) is 0 Å². The predicted octanol–water partition coefficient (Wildman–Crippen LogP) is 1.58. The van der Waals surface area contributed by atoms with Crippen LogP contribution in [-0.2, 0) is 13.8 Å². The van der Waals surface area contributed by atoms with Crippen LogP contribution in [0.15, 0.2) is 34.2 Å². The Kier molecular flexibility index (Phi) is 2.83. The molecule has 0 aromatic heterocycles. The molecule has 1 aromatic carbocycles. The fraction of sp³-hybridized carbons (Fsp3) is 0. The first-order valence-corrected chi connectivity index (χ1v) is 5.48. The second-order valence-electron chi connectivity index (χ2n) is 2.11. The molecule has 0 heterocycles. The highest BCUT2D eigenvalue weighted by atomic mass is 35.7. The van der Waals surface area contributed by atoms with Gasteiger partial charge in [0.2, 0.25) is 6.08 Å². The van der Waals surface area contributed by atoms with Crippen LogP contribution in [0, 0.1) is 0 Å². The van der Waals surface area contributed by atoms with Crippen LogP contribution in [0.2, 0.25) is 0 Å². The summed E-state index contributed by atoms with van der Waals surface area (Å²) < 4.78 is 21.8. The summed E-state index contributed by atoms with van der Waals surface area (Å²) in [5.41, 5.74) is -0.00694. The zero-order valence-electron chi connectivity index (χ0n) is 6.27. The number of aliphatic imine (C=N–C) groups is 1. The van der Waals surface area contributed by atoms with Crippen LogP contribution in [0.1, 0.15) is 0 Å². The summed E-state index contributed by atoms with van der Waals surface area (Å²) in [6.07, 6.45) is 1.25. The summed E-state index contributed by atoms with van der Waals surface area (Å²) in [6.45, 7) is 0. The summed E-state index contributed by atoms with van der Waals surface area (Å²) in [5.74, 6) is 0. The normalized spacial score (nSPS) is 10.5. The van der Waals surface area contributed by atoms with Crippen LogP contribution in [0.4, 0.5) is 5.69 Å². The highest BCUT2D eigenvalue weighted by molar-refractivity contribution is 8.13. The lowest BCUT2D eigenvalue weighted by Gasteiger charge is -1.97. The van der Waals surface area contributed by atoms with E-state index in [1.807, 2.05) is 0 Å². The number of benzene rings is 1. The lowest BCUT2D eigenvalue weighted by molar-refractivity contribution is 0.565.